The molecule has 0 spiro atoms. The molecule has 4 aromatic rings. The number of aromatic amines is 1. The first kappa shape index (κ1) is 34.7. The number of benzene rings is 3. The Morgan fingerprint density at radius 3 is 2.20 bits per heavy atom. The molecule has 1 heterocycles. The molecule has 0 aliphatic carbocycles. The smallest absolute Gasteiger partial charge is 0.370 e. The van der Waals surface area contributed by atoms with E-state index in [9.17, 15) is 17.6 Å². The number of aryl methyl sites for hydroxylation is 3. The third kappa shape index (κ3) is 9.68. The molecule has 218 valence electrons. The molecule has 0 saturated carbocycles. The lowest BCUT2D eigenvalue weighted by Crippen LogP contribution is -2.18. The number of allylic oxidation sites excluding steroid dienone is 2. The Labute approximate surface area is 241 Å². The fraction of sp³-hybridized carbons (Fsp3) is 0.265. The van der Waals surface area contributed by atoms with E-state index in [1.165, 1.54) is 23.1 Å². The van der Waals surface area contributed by atoms with Gasteiger partial charge in [0, 0.05) is 30.2 Å². The largest absolute Gasteiger partial charge is 0.416 e. The van der Waals surface area contributed by atoms with Gasteiger partial charge in [-0.05, 0) is 91.9 Å². The van der Waals surface area contributed by atoms with Gasteiger partial charge in [-0.2, -0.15) is 18.3 Å². The molecule has 1 N–H and O–H groups in total. The second-order valence-electron chi connectivity index (χ2n) is 9.14. The molecule has 0 aliphatic heterocycles. The number of halogens is 4. The van der Waals surface area contributed by atoms with E-state index in [0.717, 1.165) is 34.5 Å². The van der Waals surface area contributed by atoms with Crippen LogP contribution in [0.15, 0.2) is 73.5 Å². The van der Waals surface area contributed by atoms with Crippen LogP contribution in [0.2, 0.25) is 0 Å². The molecule has 0 bridgehead atoms. The van der Waals surface area contributed by atoms with E-state index in [0.29, 0.717) is 23.2 Å². The number of H-pyrrole nitrogens is 1. The molecule has 3 nitrogen and oxygen atoms in total. The number of nitrogens with zero attached hydrogens (tertiary/aromatic N) is 2. The number of aromatic nitrogens is 2. The van der Waals surface area contributed by atoms with E-state index >= 15 is 0 Å². The summed E-state index contributed by atoms with van der Waals surface area (Å²) in [7, 11) is 1.82. The van der Waals surface area contributed by atoms with E-state index in [-0.39, 0.29) is 5.82 Å². The van der Waals surface area contributed by atoms with Crippen molar-refractivity contribution < 1.29 is 17.6 Å². The van der Waals surface area contributed by atoms with Crippen molar-refractivity contribution in [2.24, 2.45) is 0 Å². The highest BCUT2D eigenvalue weighted by atomic mass is 19.4. The molecule has 4 rings (SSSR count). The summed E-state index contributed by atoms with van der Waals surface area (Å²) in [5, 5.41) is 8.00. The van der Waals surface area contributed by atoms with Crippen LogP contribution in [-0.4, -0.2) is 22.1 Å². The first-order chi connectivity index (χ1) is 19.4. The van der Waals surface area contributed by atoms with E-state index in [4.69, 9.17) is 0 Å². The quantitative estimate of drug-likeness (QED) is 0.148. The van der Waals surface area contributed by atoms with E-state index < -0.39 is 11.7 Å². The maximum atomic E-state index is 14.2. The first-order valence-electron chi connectivity index (χ1n) is 13.1. The second-order valence-corrected chi connectivity index (χ2v) is 9.14. The minimum Gasteiger partial charge on any atom is -0.370 e. The number of rotatable bonds is 5. The minimum atomic E-state index is -4.36. The van der Waals surface area contributed by atoms with Gasteiger partial charge in [0.05, 0.1) is 17.3 Å². The lowest BCUT2D eigenvalue weighted by molar-refractivity contribution is -0.137. The van der Waals surface area contributed by atoms with Gasteiger partial charge in [0.15, 0.2) is 0 Å². The molecule has 0 saturated heterocycles. The fourth-order valence-corrected chi connectivity index (χ4v) is 3.96. The Hall–Kier alpha value is -4.31. The third-order valence-electron chi connectivity index (χ3n) is 6.26. The lowest BCUT2D eigenvalue weighted by Gasteiger charge is -2.25. The predicted molar refractivity (Wildman–Crippen MR) is 164 cm³/mol. The maximum Gasteiger partial charge on any atom is 0.416 e. The number of nitrogens with one attached hydrogen (secondary N) is 1. The van der Waals surface area contributed by atoms with Crippen LogP contribution < -0.4 is 0 Å². The topological polar surface area (TPSA) is 31.9 Å². The monoisotopic (exact) mass is 565 g/mol. The normalized spacial score (nSPS) is 10.8. The average Bonchev–Trinajstić information content (AvgIpc) is 3.41. The van der Waals surface area contributed by atoms with E-state index in [1.807, 2.05) is 45.0 Å². The Kier molecular flexibility index (Phi) is 13.6. The Morgan fingerprint density at radius 2 is 1.63 bits per heavy atom. The van der Waals surface area contributed by atoms with Crippen LogP contribution in [0.5, 0.6) is 0 Å². The number of terminal acetylenes is 1. The number of alkyl halides is 3. The SMILES string of the molecule is C#C.C=C/C=C(/c1cc(C)c(C)c(F)c1)N(C)Cc1ccc(C(F)(F)F)cc1C.CC.Cc1ccc2cn[nH]c2c1. The van der Waals surface area contributed by atoms with Crippen LogP contribution in [0, 0.1) is 46.4 Å². The van der Waals surface area contributed by atoms with Gasteiger partial charge in [0.1, 0.15) is 5.82 Å². The van der Waals surface area contributed by atoms with Crippen molar-refractivity contribution in [2.45, 2.75) is 54.3 Å². The zero-order chi connectivity index (χ0) is 31.3. The van der Waals surface area contributed by atoms with Crippen LogP contribution in [0.25, 0.3) is 16.6 Å². The molecule has 0 aliphatic rings. The summed E-state index contributed by atoms with van der Waals surface area (Å²) in [4.78, 5) is 1.88. The van der Waals surface area contributed by atoms with Crippen molar-refractivity contribution in [1.82, 2.24) is 15.1 Å². The van der Waals surface area contributed by atoms with Crippen molar-refractivity contribution >= 4 is 16.6 Å². The van der Waals surface area contributed by atoms with Gasteiger partial charge < -0.3 is 4.90 Å². The summed E-state index contributed by atoms with van der Waals surface area (Å²) in [5.41, 5.74) is 5.90. The van der Waals surface area contributed by atoms with E-state index in [1.54, 1.807) is 26.0 Å². The molecule has 0 fully saturated rings. The molecule has 1 aromatic heterocycles. The molecule has 3 aromatic carbocycles. The molecule has 0 amide bonds. The Morgan fingerprint density at radius 1 is 0.976 bits per heavy atom. The molecule has 0 radical (unpaired) electrons. The molecule has 0 atom stereocenters. The van der Waals surface area contributed by atoms with Gasteiger partial charge in [-0.1, -0.05) is 44.7 Å². The van der Waals surface area contributed by atoms with Crippen molar-refractivity contribution in [2.75, 3.05) is 7.05 Å². The summed E-state index contributed by atoms with van der Waals surface area (Å²) in [6.07, 6.45) is 8.84. The molecular weight excluding hydrogens is 526 g/mol. The maximum absolute atomic E-state index is 14.2. The van der Waals surface area contributed by atoms with Crippen molar-refractivity contribution in [3.05, 3.63) is 118 Å². The average molecular weight is 566 g/mol. The Bertz CT molecular complexity index is 1450. The van der Waals surface area contributed by atoms with E-state index in [2.05, 4.69) is 54.7 Å². The number of fused-ring (bicyclic) bond motifs is 1. The minimum absolute atomic E-state index is 0.293. The van der Waals surface area contributed by atoms with Gasteiger partial charge in [0.2, 0.25) is 0 Å². The standard InChI is InChI=1S/C22H23F4N.C8H8N2.C2H6.C2H2/c1-6-7-21(18-10-14(2)16(4)20(23)12-18)27(5)13-17-8-9-19(11-15(17)3)22(24,25)26;1-6-2-3-7-5-9-10-8(7)4-6;2*1-2/h6-12H,1,13H2,2-5H3;2-5H,1H3,(H,9,10);1-2H3;1-2H/b21-7-;;;. The summed E-state index contributed by atoms with van der Waals surface area (Å²) in [5.74, 6) is -0.293. The Balaban J connectivity index is 0.000000493. The van der Waals surface area contributed by atoms with Crippen LogP contribution in [0.4, 0.5) is 17.6 Å². The highest BCUT2D eigenvalue weighted by Gasteiger charge is 2.30. The zero-order valence-corrected chi connectivity index (χ0v) is 24.8. The second kappa shape index (κ2) is 16.1. The summed E-state index contributed by atoms with van der Waals surface area (Å²) in [6, 6.07) is 13.3. The van der Waals surface area contributed by atoms with Crippen LogP contribution in [-0.2, 0) is 12.7 Å². The molecule has 0 unspecified atom stereocenters. The van der Waals surface area contributed by atoms with Crippen LogP contribution in [0.1, 0.15) is 52.8 Å². The van der Waals surface area contributed by atoms with Crippen molar-refractivity contribution in [3.8, 4) is 12.8 Å². The van der Waals surface area contributed by atoms with Gasteiger partial charge in [-0.25, -0.2) is 4.39 Å². The van der Waals surface area contributed by atoms with Gasteiger partial charge in [-0.3, -0.25) is 5.10 Å². The molecule has 7 heteroatoms. The van der Waals surface area contributed by atoms with Crippen molar-refractivity contribution in [3.63, 3.8) is 0 Å². The zero-order valence-electron chi connectivity index (χ0n) is 24.8. The van der Waals surface area contributed by atoms with Crippen LogP contribution >= 0.6 is 0 Å². The first-order valence-corrected chi connectivity index (χ1v) is 13.1. The molecule has 41 heavy (non-hydrogen) atoms. The fourth-order valence-electron chi connectivity index (χ4n) is 3.96. The van der Waals surface area contributed by atoms with Gasteiger partial charge in [0.25, 0.3) is 0 Å². The third-order valence-corrected chi connectivity index (χ3v) is 6.26. The van der Waals surface area contributed by atoms with Crippen molar-refractivity contribution in [1.29, 1.82) is 0 Å². The van der Waals surface area contributed by atoms with Crippen LogP contribution in [0.3, 0.4) is 0 Å². The molecular formula is C34H39F4N3. The number of hydrogen-bond acceptors (Lipinski definition) is 2. The summed E-state index contributed by atoms with van der Waals surface area (Å²) < 4.78 is 52.7. The summed E-state index contributed by atoms with van der Waals surface area (Å²) in [6.45, 7) is 15.4. The van der Waals surface area contributed by atoms with Gasteiger partial charge in [-0.15, -0.1) is 12.8 Å². The predicted octanol–water partition coefficient (Wildman–Crippen LogP) is 9.58. The lowest BCUT2D eigenvalue weighted by atomic mass is 10.0. The highest BCUT2D eigenvalue weighted by molar-refractivity contribution is 5.78. The highest BCUT2D eigenvalue weighted by Crippen LogP contribution is 2.31. The number of hydrogen-bond donors (Lipinski definition) is 1. The van der Waals surface area contributed by atoms with Gasteiger partial charge >= 0.3 is 6.18 Å². The summed E-state index contributed by atoms with van der Waals surface area (Å²) >= 11 is 0.